The average Bonchev–Trinajstić information content (AvgIpc) is 2.81. The number of aromatic amines is 1. The number of benzene rings is 1. The average molecular weight is 318 g/mol. The summed E-state index contributed by atoms with van der Waals surface area (Å²) in [7, 11) is 0. The van der Waals surface area contributed by atoms with Gasteiger partial charge in [0.15, 0.2) is 16.3 Å². The van der Waals surface area contributed by atoms with Crippen LogP contribution in [0, 0.1) is 0 Å². The zero-order valence-corrected chi connectivity index (χ0v) is 12.3. The first kappa shape index (κ1) is 14.4. The molecule has 8 nitrogen and oxygen atoms in total. The number of hydrogen-bond donors (Lipinski definition) is 4. The number of rotatable bonds is 4. The van der Waals surface area contributed by atoms with Crippen molar-refractivity contribution in [3.63, 3.8) is 0 Å². The highest BCUT2D eigenvalue weighted by Gasteiger charge is 2.17. The summed E-state index contributed by atoms with van der Waals surface area (Å²) in [6.45, 7) is 0.138. The summed E-state index contributed by atoms with van der Waals surface area (Å²) in [6.07, 6.45) is 0. The molecule has 0 amide bonds. The van der Waals surface area contributed by atoms with E-state index in [0.717, 1.165) is 4.90 Å². The van der Waals surface area contributed by atoms with E-state index >= 15 is 0 Å². The number of H-pyrrole nitrogens is 1. The summed E-state index contributed by atoms with van der Waals surface area (Å²) < 4.78 is 1.65. The van der Waals surface area contributed by atoms with E-state index in [0.29, 0.717) is 16.5 Å². The van der Waals surface area contributed by atoms with Gasteiger partial charge in [-0.15, -0.1) is 0 Å². The largest absolute Gasteiger partial charge is 0.398 e. The minimum atomic E-state index is -0.415. The Balaban J connectivity index is 2.16. The number of imidazole rings is 1. The van der Waals surface area contributed by atoms with Crippen LogP contribution in [0.15, 0.2) is 39.1 Å². The summed E-state index contributed by atoms with van der Waals surface area (Å²) in [4.78, 5) is 23.6. The molecular formula is C13H14N6O2S. The molecular weight excluding hydrogens is 304 g/mol. The SMILES string of the molecule is Nc1nc2c(nc(Sc3ccccc3N)n2CCO)c(=O)[nH]1. The third kappa shape index (κ3) is 2.51. The van der Waals surface area contributed by atoms with Crippen LogP contribution in [0.5, 0.6) is 0 Å². The Morgan fingerprint density at radius 2 is 2.05 bits per heavy atom. The topological polar surface area (TPSA) is 136 Å². The highest BCUT2D eigenvalue weighted by Crippen LogP contribution is 2.32. The molecule has 0 bridgehead atoms. The first-order valence-corrected chi connectivity index (χ1v) is 7.31. The van der Waals surface area contributed by atoms with Crippen LogP contribution in [0.1, 0.15) is 0 Å². The van der Waals surface area contributed by atoms with Gasteiger partial charge in [0.25, 0.3) is 5.56 Å². The number of nitrogens with one attached hydrogen (secondary N) is 1. The molecule has 9 heteroatoms. The van der Waals surface area contributed by atoms with E-state index in [4.69, 9.17) is 11.5 Å². The number of aliphatic hydroxyl groups excluding tert-OH is 1. The molecule has 0 radical (unpaired) electrons. The Morgan fingerprint density at radius 1 is 1.27 bits per heavy atom. The fraction of sp³-hybridized carbons (Fsp3) is 0.154. The van der Waals surface area contributed by atoms with Gasteiger partial charge in [0.1, 0.15) is 0 Å². The zero-order chi connectivity index (χ0) is 15.7. The molecule has 6 N–H and O–H groups in total. The molecule has 3 aromatic rings. The van der Waals surface area contributed by atoms with Gasteiger partial charge in [-0.05, 0) is 23.9 Å². The van der Waals surface area contributed by atoms with Crippen LogP contribution in [-0.2, 0) is 6.54 Å². The number of nitrogen functional groups attached to an aromatic ring is 2. The standard InChI is InChI=1S/C13H14N6O2S/c14-7-3-1-2-4-8(7)22-13-16-9-10(19(13)5-6-20)17-12(15)18-11(9)21/h1-4,20H,5-6,14H2,(H3,15,17,18,21). The molecule has 0 saturated carbocycles. The fourth-order valence-electron chi connectivity index (χ4n) is 2.06. The summed E-state index contributed by atoms with van der Waals surface area (Å²) in [5.74, 6) is 0.00682. The van der Waals surface area contributed by atoms with Gasteiger partial charge < -0.3 is 21.1 Å². The van der Waals surface area contributed by atoms with Crippen LogP contribution in [0.3, 0.4) is 0 Å². The summed E-state index contributed by atoms with van der Waals surface area (Å²) in [5.41, 5.74) is 12.2. The lowest BCUT2D eigenvalue weighted by atomic mass is 10.3. The quantitative estimate of drug-likeness (QED) is 0.512. The third-order valence-corrected chi connectivity index (χ3v) is 4.12. The van der Waals surface area contributed by atoms with E-state index < -0.39 is 5.56 Å². The summed E-state index contributed by atoms with van der Waals surface area (Å²) >= 11 is 1.30. The number of nitrogens with two attached hydrogens (primary N) is 2. The van der Waals surface area contributed by atoms with Crippen molar-refractivity contribution < 1.29 is 5.11 Å². The molecule has 0 atom stereocenters. The Hall–Kier alpha value is -2.52. The Morgan fingerprint density at radius 3 is 2.77 bits per heavy atom. The molecule has 114 valence electrons. The predicted octanol–water partition coefficient (Wildman–Crippen LogP) is 0.427. The van der Waals surface area contributed by atoms with Gasteiger partial charge in [0.05, 0.1) is 6.61 Å². The van der Waals surface area contributed by atoms with Gasteiger partial charge in [0, 0.05) is 17.1 Å². The van der Waals surface area contributed by atoms with Crippen molar-refractivity contribution in [3.05, 3.63) is 34.6 Å². The molecule has 0 saturated heterocycles. The maximum absolute atomic E-state index is 11.9. The molecule has 0 aliphatic carbocycles. The molecule has 0 unspecified atom stereocenters. The first-order chi connectivity index (χ1) is 10.6. The molecule has 2 heterocycles. The molecule has 22 heavy (non-hydrogen) atoms. The van der Waals surface area contributed by atoms with Crippen molar-refractivity contribution in [1.82, 2.24) is 19.5 Å². The molecule has 2 aromatic heterocycles. The van der Waals surface area contributed by atoms with E-state index in [-0.39, 0.29) is 24.6 Å². The third-order valence-electron chi connectivity index (χ3n) is 3.03. The number of para-hydroxylation sites is 1. The van der Waals surface area contributed by atoms with E-state index in [9.17, 15) is 9.90 Å². The van der Waals surface area contributed by atoms with Crippen molar-refractivity contribution in [3.8, 4) is 0 Å². The Kier molecular flexibility index (Phi) is 3.73. The number of aliphatic hydroxyl groups is 1. The van der Waals surface area contributed by atoms with Gasteiger partial charge in [-0.2, -0.15) is 4.98 Å². The minimum absolute atomic E-state index is 0.00682. The van der Waals surface area contributed by atoms with Crippen LogP contribution in [-0.4, -0.2) is 31.2 Å². The first-order valence-electron chi connectivity index (χ1n) is 6.49. The molecule has 1 aromatic carbocycles. The van der Waals surface area contributed by atoms with Crippen LogP contribution >= 0.6 is 11.8 Å². The predicted molar refractivity (Wildman–Crippen MR) is 84.6 cm³/mol. The van der Waals surface area contributed by atoms with E-state index in [1.807, 2.05) is 18.2 Å². The van der Waals surface area contributed by atoms with Crippen molar-refractivity contribution >= 4 is 34.6 Å². The van der Waals surface area contributed by atoms with Crippen LogP contribution in [0.2, 0.25) is 0 Å². The number of fused-ring (bicyclic) bond motifs is 1. The van der Waals surface area contributed by atoms with Crippen molar-refractivity contribution in [1.29, 1.82) is 0 Å². The van der Waals surface area contributed by atoms with Gasteiger partial charge in [-0.3, -0.25) is 9.78 Å². The van der Waals surface area contributed by atoms with E-state index in [2.05, 4.69) is 15.0 Å². The fourth-order valence-corrected chi connectivity index (χ4v) is 3.01. The summed E-state index contributed by atoms with van der Waals surface area (Å²) in [5, 5.41) is 9.77. The lowest BCUT2D eigenvalue weighted by Crippen LogP contribution is -2.12. The van der Waals surface area contributed by atoms with Gasteiger partial charge in [0.2, 0.25) is 5.95 Å². The monoisotopic (exact) mass is 318 g/mol. The Labute approximate surface area is 129 Å². The molecule has 0 spiro atoms. The second kappa shape index (κ2) is 5.70. The second-order valence-corrected chi connectivity index (χ2v) is 5.54. The maximum Gasteiger partial charge on any atom is 0.280 e. The number of aromatic nitrogens is 4. The highest BCUT2D eigenvalue weighted by molar-refractivity contribution is 7.99. The molecule has 0 aliphatic rings. The van der Waals surface area contributed by atoms with Gasteiger partial charge >= 0.3 is 0 Å². The zero-order valence-electron chi connectivity index (χ0n) is 11.5. The second-order valence-electron chi connectivity index (χ2n) is 4.53. The smallest absolute Gasteiger partial charge is 0.280 e. The lowest BCUT2D eigenvalue weighted by molar-refractivity contribution is 0.273. The van der Waals surface area contributed by atoms with Crippen LogP contribution in [0.25, 0.3) is 11.2 Å². The Bertz CT molecular complexity index is 888. The van der Waals surface area contributed by atoms with Crippen molar-refractivity contribution in [2.45, 2.75) is 16.6 Å². The normalized spacial score (nSPS) is 11.1. The van der Waals surface area contributed by atoms with Crippen molar-refractivity contribution in [2.75, 3.05) is 18.1 Å². The molecule has 0 fully saturated rings. The van der Waals surface area contributed by atoms with Crippen LogP contribution < -0.4 is 17.0 Å². The number of hydrogen-bond acceptors (Lipinski definition) is 7. The van der Waals surface area contributed by atoms with E-state index in [1.165, 1.54) is 11.8 Å². The van der Waals surface area contributed by atoms with E-state index in [1.54, 1.807) is 10.6 Å². The lowest BCUT2D eigenvalue weighted by Gasteiger charge is -2.07. The van der Waals surface area contributed by atoms with Crippen molar-refractivity contribution in [2.24, 2.45) is 0 Å². The highest BCUT2D eigenvalue weighted by atomic mass is 32.2. The molecule has 3 rings (SSSR count). The van der Waals surface area contributed by atoms with Crippen LogP contribution in [0.4, 0.5) is 11.6 Å². The number of anilines is 2. The number of nitrogens with zero attached hydrogens (tertiary/aromatic N) is 3. The van der Waals surface area contributed by atoms with Gasteiger partial charge in [-0.25, -0.2) is 4.98 Å². The summed E-state index contributed by atoms with van der Waals surface area (Å²) in [6, 6.07) is 7.34. The van der Waals surface area contributed by atoms with Gasteiger partial charge in [-0.1, -0.05) is 12.1 Å². The minimum Gasteiger partial charge on any atom is -0.398 e. The maximum atomic E-state index is 11.9. The molecule has 0 aliphatic heterocycles.